The number of sulfonamides is 1. The largest absolute Gasteiger partial charge is 0.390 e. The van der Waals surface area contributed by atoms with Gasteiger partial charge in [0.1, 0.15) is 0 Å². The van der Waals surface area contributed by atoms with Gasteiger partial charge < -0.3 is 10.4 Å². The van der Waals surface area contributed by atoms with Crippen LogP contribution >= 0.6 is 0 Å². The number of aliphatic hydroxyl groups excluding tert-OH is 1. The van der Waals surface area contributed by atoms with Crippen molar-refractivity contribution in [3.63, 3.8) is 0 Å². The van der Waals surface area contributed by atoms with E-state index in [0.29, 0.717) is 13.1 Å². The van der Waals surface area contributed by atoms with E-state index in [1.54, 1.807) is 0 Å². The lowest BCUT2D eigenvalue weighted by molar-refractivity contribution is -0.384. The van der Waals surface area contributed by atoms with Crippen LogP contribution in [0.25, 0.3) is 0 Å². The molecule has 0 unspecified atom stereocenters. The van der Waals surface area contributed by atoms with Gasteiger partial charge in [-0.3, -0.25) is 10.1 Å². The van der Waals surface area contributed by atoms with Gasteiger partial charge in [-0.05, 0) is 12.1 Å². The number of aliphatic hydroxyl groups is 1. The van der Waals surface area contributed by atoms with E-state index in [1.807, 2.05) is 0 Å². The number of hydrogen-bond donors (Lipinski definition) is 2. The fourth-order valence-electron chi connectivity index (χ4n) is 2.11. The summed E-state index contributed by atoms with van der Waals surface area (Å²) in [7, 11) is -2.40. The Morgan fingerprint density at radius 3 is 2.40 bits per heavy atom. The van der Waals surface area contributed by atoms with Crippen LogP contribution in [0.2, 0.25) is 0 Å². The molecule has 0 bridgehead atoms. The summed E-state index contributed by atoms with van der Waals surface area (Å²) >= 11 is 0. The van der Waals surface area contributed by atoms with Crippen molar-refractivity contribution < 1.29 is 18.4 Å². The summed E-state index contributed by atoms with van der Waals surface area (Å²) in [5.74, 6) is 0. The summed E-state index contributed by atoms with van der Waals surface area (Å²) in [4.78, 5) is 9.92. The maximum Gasteiger partial charge on any atom is 0.269 e. The molecule has 1 saturated heterocycles. The normalized spacial score (nSPS) is 23.1. The van der Waals surface area contributed by atoms with Crippen LogP contribution in [0.5, 0.6) is 0 Å². The van der Waals surface area contributed by atoms with E-state index in [9.17, 15) is 23.6 Å². The molecule has 1 aliphatic heterocycles. The van der Waals surface area contributed by atoms with Crippen LogP contribution < -0.4 is 5.32 Å². The van der Waals surface area contributed by atoms with Crippen LogP contribution in [0.15, 0.2) is 29.2 Å². The van der Waals surface area contributed by atoms with Gasteiger partial charge in [0, 0.05) is 32.3 Å². The molecule has 0 amide bonds. The van der Waals surface area contributed by atoms with Crippen molar-refractivity contribution in [3.8, 4) is 0 Å². The van der Waals surface area contributed by atoms with Crippen LogP contribution in [0, 0.1) is 10.1 Å². The lowest BCUT2D eigenvalue weighted by Gasteiger charge is -2.25. The Morgan fingerprint density at radius 2 is 1.95 bits per heavy atom. The molecule has 2 atom stereocenters. The molecule has 1 aromatic carbocycles. The van der Waals surface area contributed by atoms with Crippen LogP contribution in [-0.2, 0) is 10.0 Å². The smallest absolute Gasteiger partial charge is 0.269 e. The average molecular weight is 301 g/mol. The molecular weight excluding hydrogens is 286 g/mol. The Kier molecular flexibility index (Phi) is 4.04. The molecule has 2 N–H and O–H groups in total. The second-order valence-electron chi connectivity index (χ2n) is 4.57. The van der Waals surface area contributed by atoms with Crippen LogP contribution in [0.4, 0.5) is 5.69 Å². The highest BCUT2D eigenvalue weighted by molar-refractivity contribution is 7.89. The van der Waals surface area contributed by atoms with Gasteiger partial charge in [-0.1, -0.05) is 0 Å². The number of hydrogen-bond acceptors (Lipinski definition) is 6. The zero-order valence-corrected chi connectivity index (χ0v) is 11.6. The lowest BCUT2D eigenvalue weighted by Crippen LogP contribution is -2.44. The lowest BCUT2D eigenvalue weighted by atomic mass is 10.2. The zero-order valence-electron chi connectivity index (χ0n) is 10.8. The van der Waals surface area contributed by atoms with Gasteiger partial charge in [-0.15, -0.1) is 0 Å². The Morgan fingerprint density at radius 1 is 1.35 bits per heavy atom. The van der Waals surface area contributed by atoms with Crippen molar-refractivity contribution in [2.45, 2.75) is 17.0 Å². The highest BCUT2D eigenvalue weighted by Gasteiger charge is 2.35. The summed E-state index contributed by atoms with van der Waals surface area (Å²) in [6.45, 7) is 0.703. The molecule has 9 heteroatoms. The third kappa shape index (κ3) is 2.66. The number of benzene rings is 1. The Hall–Kier alpha value is -1.55. The fourth-order valence-corrected chi connectivity index (χ4v) is 3.49. The van der Waals surface area contributed by atoms with E-state index >= 15 is 0 Å². The van der Waals surface area contributed by atoms with E-state index < -0.39 is 27.1 Å². The number of nitro benzene ring substituents is 1. The molecule has 1 heterocycles. The third-order valence-electron chi connectivity index (χ3n) is 3.34. The Balaban J connectivity index is 2.27. The zero-order chi connectivity index (χ0) is 14.9. The molecular formula is C11H15N3O5S. The van der Waals surface area contributed by atoms with Gasteiger partial charge in [-0.25, -0.2) is 8.42 Å². The molecule has 2 rings (SSSR count). The second-order valence-corrected chi connectivity index (χ2v) is 6.56. The van der Waals surface area contributed by atoms with Crippen LogP contribution in [-0.4, -0.2) is 55.0 Å². The molecule has 20 heavy (non-hydrogen) atoms. The monoisotopic (exact) mass is 301 g/mol. The molecule has 0 saturated carbocycles. The molecule has 0 aliphatic carbocycles. The average Bonchev–Trinajstić information content (AvgIpc) is 2.84. The van der Waals surface area contributed by atoms with Crippen molar-refractivity contribution in [2.24, 2.45) is 0 Å². The number of rotatable bonds is 4. The predicted molar refractivity (Wildman–Crippen MR) is 70.7 cm³/mol. The predicted octanol–water partition coefficient (Wildman–Crippen LogP) is -0.452. The third-order valence-corrected chi connectivity index (χ3v) is 5.24. The van der Waals surface area contributed by atoms with E-state index in [-0.39, 0.29) is 10.6 Å². The Labute approximate surface area is 116 Å². The van der Waals surface area contributed by atoms with Crippen LogP contribution in [0.3, 0.4) is 0 Å². The standard InChI is InChI=1S/C11H15N3O5S/c1-13(10-6-12-7-11(10)15)20(18,19)9-4-2-8(3-5-9)14(16)17/h2-5,10-12,15H,6-7H2,1H3/t10-,11-/m0/s1. The molecule has 1 aromatic rings. The van der Waals surface area contributed by atoms with Gasteiger partial charge in [0.25, 0.3) is 5.69 Å². The quantitative estimate of drug-likeness (QED) is 0.575. The first kappa shape index (κ1) is 14.9. The van der Waals surface area contributed by atoms with E-state index in [4.69, 9.17) is 0 Å². The minimum atomic E-state index is -3.79. The number of nitro groups is 1. The molecule has 1 aliphatic rings. The minimum absolute atomic E-state index is 0.0373. The van der Waals surface area contributed by atoms with Crippen molar-refractivity contribution in [3.05, 3.63) is 34.4 Å². The molecule has 0 radical (unpaired) electrons. The van der Waals surface area contributed by atoms with Crippen molar-refractivity contribution in [1.29, 1.82) is 0 Å². The first-order chi connectivity index (χ1) is 9.34. The number of β-amino-alcohol motifs (C(OH)–C–C–N with tert-alkyl or cyclic N) is 1. The first-order valence-electron chi connectivity index (χ1n) is 5.95. The molecule has 0 spiro atoms. The van der Waals surface area contributed by atoms with Crippen LogP contribution in [0.1, 0.15) is 0 Å². The summed E-state index contributed by atoms with van der Waals surface area (Å²) in [6, 6.07) is 4.13. The minimum Gasteiger partial charge on any atom is -0.390 e. The summed E-state index contributed by atoms with van der Waals surface area (Å²) in [5.41, 5.74) is -0.172. The second kappa shape index (κ2) is 5.44. The number of likely N-dealkylation sites (N-methyl/N-ethyl adjacent to an activating group) is 1. The van der Waals surface area contributed by atoms with Crippen molar-refractivity contribution in [2.75, 3.05) is 20.1 Å². The molecule has 1 fully saturated rings. The SMILES string of the molecule is CN([C@H]1CNC[C@@H]1O)S(=O)(=O)c1ccc([N+](=O)[O-])cc1. The number of nitrogens with zero attached hydrogens (tertiary/aromatic N) is 2. The Bertz CT molecular complexity index is 601. The highest BCUT2D eigenvalue weighted by Crippen LogP contribution is 2.21. The number of nitrogens with one attached hydrogen (secondary N) is 1. The molecule has 0 aromatic heterocycles. The highest BCUT2D eigenvalue weighted by atomic mass is 32.2. The van der Waals surface area contributed by atoms with Gasteiger partial charge in [-0.2, -0.15) is 4.31 Å². The summed E-state index contributed by atoms with van der Waals surface area (Å²) in [6.07, 6.45) is -0.771. The molecule has 8 nitrogen and oxygen atoms in total. The van der Waals surface area contributed by atoms with E-state index in [1.165, 1.54) is 19.2 Å². The van der Waals surface area contributed by atoms with Crippen molar-refractivity contribution in [1.82, 2.24) is 9.62 Å². The maximum absolute atomic E-state index is 12.4. The first-order valence-corrected chi connectivity index (χ1v) is 7.39. The molecule has 110 valence electrons. The topological polar surface area (TPSA) is 113 Å². The van der Waals surface area contributed by atoms with Gasteiger partial charge in [0.05, 0.1) is 22.0 Å². The fraction of sp³-hybridized carbons (Fsp3) is 0.455. The van der Waals surface area contributed by atoms with Gasteiger partial charge >= 0.3 is 0 Å². The maximum atomic E-state index is 12.4. The van der Waals surface area contributed by atoms with E-state index in [2.05, 4.69) is 5.32 Å². The van der Waals surface area contributed by atoms with Gasteiger partial charge in [0.15, 0.2) is 0 Å². The summed E-state index contributed by atoms with van der Waals surface area (Å²) < 4.78 is 25.8. The summed E-state index contributed by atoms with van der Waals surface area (Å²) in [5, 5.41) is 23.2. The number of non-ortho nitro benzene ring substituents is 1. The van der Waals surface area contributed by atoms with Gasteiger partial charge in [0.2, 0.25) is 10.0 Å². The van der Waals surface area contributed by atoms with Crippen molar-refractivity contribution >= 4 is 15.7 Å². The van der Waals surface area contributed by atoms with E-state index in [0.717, 1.165) is 16.4 Å².